The predicted octanol–water partition coefficient (Wildman–Crippen LogP) is 6.88. The molecule has 8 heteroatoms. The number of anilines is 1. The van der Waals surface area contributed by atoms with Crippen LogP contribution < -0.4 is 4.90 Å². The second kappa shape index (κ2) is 9.85. The van der Waals surface area contributed by atoms with E-state index in [4.69, 9.17) is 4.42 Å². The number of amides is 1. The zero-order valence-electron chi connectivity index (χ0n) is 20.6. The Kier molecular flexibility index (Phi) is 6.62. The van der Waals surface area contributed by atoms with E-state index in [9.17, 15) is 14.7 Å². The third kappa shape index (κ3) is 4.65. The third-order valence-electron chi connectivity index (χ3n) is 6.87. The third-order valence-corrected chi connectivity index (χ3v) is 8.03. The van der Waals surface area contributed by atoms with Crippen LogP contribution in [0.2, 0.25) is 0 Å². The molecule has 1 N–H and O–H groups in total. The first-order valence-corrected chi connectivity index (χ1v) is 13.2. The first-order valence-electron chi connectivity index (χ1n) is 12.3. The number of nitrogens with zero attached hydrogens (tertiary/aromatic N) is 3. The standard InChI is InChI=1S/C28H29N3O4S/c1-16(2)31(27(32)20-8-6-17(3)7-9-20)21-15-23(36-24(21)28(33)34)18-10-12-19(13-11-18)26-30-25-22(35-26)5-4-14-29-25/h4-5,10-17,20H,6-9H2,1-3H3,(H,33,34)/t17-,20-. The number of aromatic carboxylic acids is 1. The molecule has 0 unspecified atom stereocenters. The Hall–Kier alpha value is -3.52. The summed E-state index contributed by atoms with van der Waals surface area (Å²) < 4.78 is 5.81. The van der Waals surface area contributed by atoms with Gasteiger partial charge in [-0.1, -0.05) is 19.1 Å². The fourth-order valence-corrected chi connectivity index (χ4v) is 5.87. The number of carboxylic acids is 1. The molecular weight excluding hydrogens is 474 g/mol. The molecule has 3 heterocycles. The van der Waals surface area contributed by atoms with E-state index in [1.54, 1.807) is 17.2 Å². The van der Waals surface area contributed by atoms with Crippen LogP contribution >= 0.6 is 11.3 Å². The van der Waals surface area contributed by atoms with Gasteiger partial charge < -0.3 is 14.4 Å². The molecule has 1 fully saturated rings. The van der Waals surface area contributed by atoms with E-state index in [1.807, 2.05) is 50.2 Å². The molecule has 7 nitrogen and oxygen atoms in total. The van der Waals surface area contributed by atoms with Gasteiger partial charge in [-0.05, 0) is 81.3 Å². The normalized spacial score (nSPS) is 18.0. The predicted molar refractivity (Wildman–Crippen MR) is 141 cm³/mol. The summed E-state index contributed by atoms with van der Waals surface area (Å²) in [5.74, 6) is 0.0690. The van der Waals surface area contributed by atoms with Gasteiger partial charge in [-0.25, -0.2) is 9.78 Å². The van der Waals surface area contributed by atoms with Crippen LogP contribution in [0, 0.1) is 11.8 Å². The quantitative estimate of drug-likeness (QED) is 0.308. The van der Waals surface area contributed by atoms with E-state index in [0.29, 0.717) is 28.7 Å². The number of hydrogen-bond donors (Lipinski definition) is 1. The van der Waals surface area contributed by atoms with Crippen LogP contribution in [0.15, 0.2) is 53.1 Å². The number of rotatable bonds is 6. The van der Waals surface area contributed by atoms with Crippen molar-refractivity contribution in [2.45, 2.75) is 52.5 Å². The highest BCUT2D eigenvalue weighted by Gasteiger charge is 2.33. The summed E-state index contributed by atoms with van der Waals surface area (Å²) in [7, 11) is 0. The minimum atomic E-state index is -1.02. The highest BCUT2D eigenvalue weighted by atomic mass is 32.1. The van der Waals surface area contributed by atoms with Gasteiger partial charge in [0, 0.05) is 28.6 Å². The van der Waals surface area contributed by atoms with Crippen molar-refractivity contribution in [3.8, 4) is 21.9 Å². The molecule has 1 saturated carbocycles. The second-order valence-electron chi connectivity index (χ2n) is 9.81. The van der Waals surface area contributed by atoms with Crippen molar-refractivity contribution in [2.24, 2.45) is 11.8 Å². The van der Waals surface area contributed by atoms with Crippen LogP contribution in [0.5, 0.6) is 0 Å². The lowest BCUT2D eigenvalue weighted by molar-refractivity contribution is -0.123. The molecule has 0 bridgehead atoms. The molecule has 36 heavy (non-hydrogen) atoms. The first kappa shape index (κ1) is 24.2. The maximum Gasteiger partial charge on any atom is 0.348 e. The summed E-state index contributed by atoms with van der Waals surface area (Å²) in [6, 6.07) is 13.0. The van der Waals surface area contributed by atoms with Crippen molar-refractivity contribution >= 4 is 40.1 Å². The maximum absolute atomic E-state index is 13.6. The van der Waals surface area contributed by atoms with Gasteiger partial charge in [0.25, 0.3) is 0 Å². The van der Waals surface area contributed by atoms with Crippen molar-refractivity contribution in [3.63, 3.8) is 0 Å². The fourth-order valence-electron chi connectivity index (χ4n) is 4.88. The van der Waals surface area contributed by atoms with E-state index in [0.717, 1.165) is 41.7 Å². The van der Waals surface area contributed by atoms with Crippen LogP contribution in [0.1, 0.15) is 56.1 Å². The van der Waals surface area contributed by atoms with Crippen molar-refractivity contribution in [1.29, 1.82) is 0 Å². The lowest BCUT2D eigenvalue weighted by atomic mass is 9.82. The van der Waals surface area contributed by atoms with Crippen LogP contribution in [0.25, 0.3) is 33.1 Å². The number of oxazole rings is 1. The molecule has 186 valence electrons. The Labute approximate surface area is 213 Å². The minimum Gasteiger partial charge on any atom is -0.477 e. The maximum atomic E-state index is 13.6. The molecule has 0 aliphatic heterocycles. The Morgan fingerprint density at radius 3 is 2.42 bits per heavy atom. The lowest BCUT2D eigenvalue weighted by Crippen LogP contribution is -2.42. The number of carboxylic acid groups (broad SMARTS) is 1. The van der Waals surface area contributed by atoms with Gasteiger partial charge in [-0.15, -0.1) is 11.3 Å². The Balaban J connectivity index is 1.46. The van der Waals surface area contributed by atoms with E-state index in [2.05, 4.69) is 16.9 Å². The van der Waals surface area contributed by atoms with Gasteiger partial charge >= 0.3 is 5.97 Å². The molecular formula is C28H29N3O4S. The first-order chi connectivity index (χ1) is 17.3. The van der Waals surface area contributed by atoms with Gasteiger partial charge in [0.2, 0.25) is 11.8 Å². The Bertz CT molecular complexity index is 1360. The summed E-state index contributed by atoms with van der Waals surface area (Å²) in [5.41, 5.74) is 3.33. The van der Waals surface area contributed by atoms with Crippen molar-refractivity contribution in [1.82, 2.24) is 9.97 Å². The summed E-state index contributed by atoms with van der Waals surface area (Å²) in [5, 5.41) is 9.99. The Morgan fingerprint density at radius 1 is 1.08 bits per heavy atom. The van der Waals surface area contributed by atoms with Gasteiger partial charge in [-0.3, -0.25) is 4.79 Å². The second-order valence-corrected chi connectivity index (χ2v) is 10.9. The summed E-state index contributed by atoms with van der Waals surface area (Å²) >= 11 is 1.19. The molecule has 1 aromatic carbocycles. The number of carbonyl (C=O) groups excluding carboxylic acids is 1. The lowest BCUT2D eigenvalue weighted by Gasteiger charge is -2.33. The van der Waals surface area contributed by atoms with E-state index < -0.39 is 5.97 Å². The van der Waals surface area contributed by atoms with Crippen molar-refractivity contribution < 1.29 is 19.1 Å². The molecule has 5 rings (SSSR count). The highest BCUT2D eigenvalue weighted by molar-refractivity contribution is 7.18. The Morgan fingerprint density at radius 2 is 1.78 bits per heavy atom. The van der Waals surface area contributed by atoms with Crippen molar-refractivity contribution in [2.75, 3.05) is 4.90 Å². The topological polar surface area (TPSA) is 96.5 Å². The zero-order chi connectivity index (χ0) is 25.4. The fraction of sp³-hybridized carbons (Fsp3) is 0.357. The summed E-state index contributed by atoms with van der Waals surface area (Å²) in [4.78, 5) is 37.1. The minimum absolute atomic E-state index is 0.0312. The number of pyridine rings is 1. The number of aromatic nitrogens is 2. The van der Waals surface area contributed by atoms with Crippen LogP contribution in [0.3, 0.4) is 0 Å². The summed E-state index contributed by atoms with van der Waals surface area (Å²) in [6.07, 6.45) is 5.45. The highest BCUT2D eigenvalue weighted by Crippen LogP contribution is 2.40. The van der Waals surface area contributed by atoms with E-state index in [1.165, 1.54) is 11.3 Å². The molecule has 0 radical (unpaired) electrons. The molecule has 1 amide bonds. The number of carbonyl (C=O) groups is 2. The van der Waals surface area contributed by atoms with Crippen LogP contribution in [-0.2, 0) is 4.79 Å². The van der Waals surface area contributed by atoms with Gasteiger partial charge in [0.05, 0.1) is 5.69 Å². The number of thiophene rings is 1. The zero-order valence-corrected chi connectivity index (χ0v) is 21.4. The average molecular weight is 504 g/mol. The van der Waals surface area contributed by atoms with E-state index in [-0.39, 0.29) is 22.7 Å². The van der Waals surface area contributed by atoms with Crippen LogP contribution in [0.4, 0.5) is 5.69 Å². The largest absolute Gasteiger partial charge is 0.477 e. The molecule has 3 aromatic heterocycles. The summed E-state index contributed by atoms with van der Waals surface area (Å²) in [6.45, 7) is 6.10. The van der Waals surface area contributed by atoms with Gasteiger partial charge in [-0.2, -0.15) is 4.98 Å². The van der Waals surface area contributed by atoms with Crippen molar-refractivity contribution in [3.05, 3.63) is 53.5 Å². The molecule has 0 atom stereocenters. The smallest absolute Gasteiger partial charge is 0.348 e. The SMILES string of the molecule is CC(C)N(c1cc(-c2ccc(-c3nc4ncccc4o3)cc2)sc1C(=O)O)C(=O)[C@H]1CC[C@H](C)CC1. The molecule has 1 aliphatic carbocycles. The van der Waals surface area contributed by atoms with Gasteiger partial charge in [0.1, 0.15) is 4.88 Å². The van der Waals surface area contributed by atoms with Crippen LogP contribution in [-0.4, -0.2) is 33.0 Å². The molecule has 0 saturated heterocycles. The molecule has 1 aliphatic rings. The molecule has 4 aromatic rings. The molecule has 0 spiro atoms. The van der Waals surface area contributed by atoms with E-state index >= 15 is 0 Å². The number of hydrogen-bond acceptors (Lipinski definition) is 6. The van der Waals surface area contributed by atoms with Gasteiger partial charge in [0.15, 0.2) is 11.2 Å². The monoisotopic (exact) mass is 503 g/mol. The number of benzene rings is 1. The number of fused-ring (bicyclic) bond motifs is 1. The average Bonchev–Trinajstić information content (AvgIpc) is 3.49.